The minimum absolute atomic E-state index is 0.0111. The van der Waals surface area contributed by atoms with Gasteiger partial charge in [0.15, 0.2) is 16.6 Å². The predicted molar refractivity (Wildman–Crippen MR) is 131 cm³/mol. The second-order valence-electron chi connectivity index (χ2n) is 12.3. The van der Waals surface area contributed by atoms with Crippen LogP contribution < -0.4 is 4.90 Å². The van der Waals surface area contributed by atoms with E-state index in [0.29, 0.717) is 6.42 Å². The van der Waals surface area contributed by atoms with Crippen LogP contribution in [-0.2, 0) is 8.85 Å². The van der Waals surface area contributed by atoms with Crippen molar-refractivity contribution < 1.29 is 14.0 Å². The third kappa shape index (κ3) is 4.31. The zero-order valence-corrected chi connectivity index (χ0v) is 22.7. The van der Waals surface area contributed by atoms with E-state index in [1.165, 1.54) is 0 Å². The summed E-state index contributed by atoms with van der Waals surface area (Å²) in [5.74, 6) is 0. The number of fused-ring (bicyclic) bond motifs is 3. The molecule has 3 rings (SSSR count). The third-order valence-electron chi connectivity index (χ3n) is 8.08. The Kier molecular flexibility index (Phi) is 6.18. The van der Waals surface area contributed by atoms with Crippen molar-refractivity contribution in [3.63, 3.8) is 0 Å². The molecular weight excluding hydrogens is 406 g/mol. The molecule has 1 aromatic carbocycles. The van der Waals surface area contributed by atoms with Gasteiger partial charge in [-0.3, -0.25) is 0 Å². The van der Waals surface area contributed by atoms with Crippen molar-refractivity contribution in [1.29, 1.82) is 0 Å². The molecular formula is C24H43NO3Si2. The molecule has 170 valence electrons. The summed E-state index contributed by atoms with van der Waals surface area (Å²) in [7, 11) is -3.96. The van der Waals surface area contributed by atoms with E-state index in [1.54, 1.807) is 0 Å². The molecule has 2 aliphatic heterocycles. The SMILES string of the molecule is CC(C)(C)[Si](C)(C)O[C@@H]1[C@@H](O[Si](C)(C)C(C)(C)C)CN2c3ccccc3[C@@H](O)C[C@@H]12. The molecule has 1 aromatic rings. The molecule has 1 N–H and O–H groups in total. The minimum Gasteiger partial charge on any atom is -0.409 e. The van der Waals surface area contributed by atoms with Crippen molar-refractivity contribution in [2.45, 2.75) is 109 Å². The molecule has 2 heterocycles. The second-order valence-corrected chi connectivity index (χ2v) is 21.8. The smallest absolute Gasteiger partial charge is 0.192 e. The third-order valence-corrected chi connectivity index (χ3v) is 17.1. The number of nitrogens with zero attached hydrogens (tertiary/aromatic N) is 1. The quantitative estimate of drug-likeness (QED) is 0.565. The maximum Gasteiger partial charge on any atom is 0.192 e. The number of para-hydroxylation sites is 1. The van der Waals surface area contributed by atoms with Gasteiger partial charge in [-0.15, -0.1) is 0 Å². The van der Waals surface area contributed by atoms with Crippen LogP contribution in [0, 0.1) is 0 Å². The molecule has 4 nitrogen and oxygen atoms in total. The van der Waals surface area contributed by atoms with Gasteiger partial charge in [0.05, 0.1) is 24.4 Å². The molecule has 0 radical (unpaired) electrons. The van der Waals surface area contributed by atoms with E-state index >= 15 is 0 Å². The van der Waals surface area contributed by atoms with Crippen LogP contribution >= 0.6 is 0 Å². The van der Waals surface area contributed by atoms with Gasteiger partial charge in [0, 0.05) is 24.2 Å². The van der Waals surface area contributed by atoms with Gasteiger partial charge in [-0.05, 0) is 42.3 Å². The Morgan fingerprint density at radius 2 is 1.43 bits per heavy atom. The van der Waals surface area contributed by atoms with Crippen molar-refractivity contribution in [3.8, 4) is 0 Å². The molecule has 0 saturated carbocycles. The van der Waals surface area contributed by atoms with E-state index in [9.17, 15) is 5.11 Å². The second kappa shape index (κ2) is 7.73. The van der Waals surface area contributed by atoms with Gasteiger partial charge in [0.25, 0.3) is 0 Å². The number of benzene rings is 1. The monoisotopic (exact) mass is 449 g/mol. The summed E-state index contributed by atoms with van der Waals surface area (Å²) in [6.45, 7) is 23.9. The van der Waals surface area contributed by atoms with E-state index in [0.717, 1.165) is 17.8 Å². The van der Waals surface area contributed by atoms with Crippen LogP contribution in [0.2, 0.25) is 36.3 Å². The van der Waals surface area contributed by atoms with Crippen LogP contribution in [0.5, 0.6) is 0 Å². The molecule has 0 amide bonds. The fourth-order valence-corrected chi connectivity index (χ4v) is 6.78. The average molecular weight is 450 g/mol. The van der Waals surface area contributed by atoms with Crippen LogP contribution in [0.25, 0.3) is 0 Å². The Morgan fingerprint density at radius 3 is 2.00 bits per heavy atom. The van der Waals surface area contributed by atoms with Gasteiger partial charge >= 0.3 is 0 Å². The van der Waals surface area contributed by atoms with Gasteiger partial charge in [0.1, 0.15) is 0 Å². The molecule has 30 heavy (non-hydrogen) atoms. The molecule has 1 saturated heterocycles. The highest BCUT2D eigenvalue weighted by Gasteiger charge is 2.53. The number of anilines is 1. The molecule has 6 heteroatoms. The van der Waals surface area contributed by atoms with Crippen LogP contribution in [-0.4, -0.2) is 46.5 Å². The first-order chi connectivity index (χ1) is 13.6. The van der Waals surface area contributed by atoms with Gasteiger partial charge in [-0.1, -0.05) is 59.7 Å². The van der Waals surface area contributed by atoms with Gasteiger partial charge in [-0.2, -0.15) is 0 Å². The average Bonchev–Trinajstić information content (AvgIpc) is 2.90. The highest BCUT2D eigenvalue weighted by atomic mass is 28.4. The van der Waals surface area contributed by atoms with Crippen LogP contribution in [0.1, 0.15) is 59.6 Å². The first-order valence-corrected chi connectivity index (χ1v) is 17.3. The topological polar surface area (TPSA) is 41.9 Å². The van der Waals surface area contributed by atoms with Crippen molar-refractivity contribution in [1.82, 2.24) is 0 Å². The Labute approximate surface area is 186 Å². The molecule has 1 fully saturated rings. The van der Waals surface area contributed by atoms with Crippen molar-refractivity contribution in [2.75, 3.05) is 11.4 Å². The highest BCUT2D eigenvalue weighted by Crippen LogP contribution is 2.47. The lowest BCUT2D eigenvalue weighted by Gasteiger charge is -2.44. The number of aliphatic hydroxyl groups is 1. The van der Waals surface area contributed by atoms with Gasteiger partial charge in [-0.25, -0.2) is 0 Å². The molecule has 2 aliphatic rings. The Hall–Kier alpha value is -0.666. The highest BCUT2D eigenvalue weighted by molar-refractivity contribution is 6.74. The number of hydrogen-bond acceptors (Lipinski definition) is 4. The summed E-state index contributed by atoms with van der Waals surface area (Å²) in [5, 5.41) is 11.2. The fourth-order valence-electron chi connectivity index (χ4n) is 4.11. The molecule has 0 aliphatic carbocycles. The predicted octanol–water partition coefficient (Wildman–Crippen LogP) is 6.09. The fraction of sp³-hybridized carbons (Fsp3) is 0.750. The van der Waals surface area contributed by atoms with E-state index in [-0.39, 0.29) is 28.3 Å². The van der Waals surface area contributed by atoms with Crippen LogP contribution in [0.15, 0.2) is 24.3 Å². The normalized spacial score (nSPS) is 27.8. The molecule has 0 bridgehead atoms. The summed E-state index contributed by atoms with van der Waals surface area (Å²) in [6, 6.07) is 8.44. The first kappa shape index (κ1) is 24.0. The van der Waals surface area contributed by atoms with E-state index < -0.39 is 22.7 Å². The van der Waals surface area contributed by atoms with Crippen LogP contribution in [0.4, 0.5) is 5.69 Å². The molecule has 0 unspecified atom stereocenters. The van der Waals surface area contributed by atoms with Crippen molar-refractivity contribution in [3.05, 3.63) is 29.8 Å². The Bertz CT molecular complexity index is 766. The first-order valence-electron chi connectivity index (χ1n) is 11.4. The number of hydrogen-bond donors (Lipinski definition) is 1. The van der Waals surface area contributed by atoms with E-state index in [4.69, 9.17) is 8.85 Å². The zero-order valence-electron chi connectivity index (χ0n) is 20.7. The summed E-state index contributed by atoms with van der Waals surface area (Å²) in [6.07, 6.45) is 0.277. The van der Waals surface area contributed by atoms with Gasteiger partial charge in [0.2, 0.25) is 0 Å². The molecule has 4 atom stereocenters. The minimum atomic E-state index is -2.00. The summed E-state index contributed by atoms with van der Waals surface area (Å²) < 4.78 is 14.0. The summed E-state index contributed by atoms with van der Waals surface area (Å²) >= 11 is 0. The lowest BCUT2D eigenvalue weighted by molar-refractivity contribution is 0.0420. The number of aliphatic hydroxyl groups excluding tert-OH is 1. The zero-order chi connectivity index (χ0) is 22.7. The lowest BCUT2D eigenvalue weighted by Crippen LogP contribution is -2.53. The summed E-state index contributed by atoms with van der Waals surface area (Å²) in [5.41, 5.74) is 2.18. The standard InChI is InChI=1S/C24H43NO3Si2/c1-23(2,3)29(7,8)27-21-16-25-18-14-12-11-13-17(18)20(26)15-19(25)22(21)28-30(9,10)24(4,5)6/h11-14,19-22,26H,15-16H2,1-10H3/t19-,20-,21-,22-/m0/s1. The Morgan fingerprint density at radius 1 is 0.900 bits per heavy atom. The maximum atomic E-state index is 10.9. The maximum absolute atomic E-state index is 10.9. The van der Waals surface area contributed by atoms with Crippen LogP contribution in [0.3, 0.4) is 0 Å². The van der Waals surface area contributed by atoms with Gasteiger partial charge < -0.3 is 18.9 Å². The van der Waals surface area contributed by atoms with Crippen molar-refractivity contribution >= 4 is 22.3 Å². The van der Waals surface area contributed by atoms with Crippen molar-refractivity contribution in [2.24, 2.45) is 0 Å². The van der Waals surface area contributed by atoms with E-state index in [2.05, 4.69) is 90.8 Å². The Balaban J connectivity index is 1.99. The molecule has 0 aromatic heterocycles. The largest absolute Gasteiger partial charge is 0.409 e. The number of rotatable bonds is 4. The van der Waals surface area contributed by atoms with E-state index in [1.807, 2.05) is 6.07 Å². The summed E-state index contributed by atoms with van der Waals surface area (Å²) in [4.78, 5) is 2.46. The lowest BCUT2D eigenvalue weighted by atomic mass is 9.92. The molecule has 0 spiro atoms.